The van der Waals surface area contributed by atoms with Gasteiger partial charge in [-0.2, -0.15) is 0 Å². The second kappa shape index (κ2) is 27.5. The molecule has 0 aromatic heterocycles. The molecular weight excluding hydrogens is 555 g/mol. The van der Waals surface area contributed by atoms with E-state index in [-0.39, 0.29) is 0 Å². The molecule has 256 valence electrons. The van der Waals surface area contributed by atoms with Gasteiger partial charge in [0.25, 0.3) is 0 Å². The van der Waals surface area contributed by atoms with Crippen molar-refractivity contribution in [3.05, 3.63) is 30.3 Å². The molecule has 0 atom stereocenters. The van der Waals surface area contributed by atoms with E-state index in [1.165, 1.54) is 180 Å². The van der Waals surface area contributed by atoms with Gasteiger partial charge >= 0.3 is 0 Å². The van der Waals surface area contributed by atoms with Crippen LogP contribution in [-0.2, 0) is 4.57 Å². The average molecular weight is 631 g/mol. The van der Waals surface area contributed by atoms with Gasteiger partial charge in [-0.3, -0.25) is 4.57 Å². The molecule has 0 spiro atoms. The highest BCUT2D eigenvalue weighted by atomic mass is 31.2. The second-order valence-electron chi connectivity index (χ2n) is 14.0. The molecule has 0 aliphatic carbocycles. The maximum absolute atomic E-state index is 14.7. The molecule has 44 heavy (non-hydrogen) atoms. The predicted molar refractivity (Wildman–Crippen MR) is 197 cm³/mol. The Morgan fingerprint density at radius 2 is 0.705 bits per heavy atom. The molecule has 0 unspecified atom stereocenters. The lowest BCUT2D eigenvalue weighted by atomic mass is 10.0. The number of unbranched alkanes of at least 4 members (excludes halogenated alkanes) is 26. The lowest BCUT2D eigenvalue weighted by Crippen LogP contribution is -2.28. The maximum Gasteiger partial charge on any atom is 0.245 e. The van der Waals surface area contributed by atoms with Crippen LogP contribution < -0.4 is 5.30 Å². The highest BCUT2D eigenvalue weighted by Crippen LogP contribution is 2.55. The van der Waals surface area contributed by atoms with Crippen LogP contribution in [-0.4, -0.2) is 35.5 Å². The second-order valence-corrected chi connectivity index (χ2v) is 16.7. The number of rotatable bonds is 31. The third kappa shape index (κ3) is 17.3. The highest BCUT2D eigenvalue weighted by Gasteiger charge is 2.43. The van der Waals surface area contributed by atoms with Crippen molar-refractivity contribution in [2.24, 2.45) is 0 Å². The van der Waals surface area contributed by atoms with E-state index in [0.717, 1.165) is 31.5 Å². The van der Waals surface area contributed by atoms with Gasteiger partial charge in [0.2, 0.25) is 7.44 Å². The lowest BCUT2D eigenvalue weighted by molar-refractivity contribution is 0.429. The summed E-state index contributed by atoms with van der Waals surface area (Å²) in [5.74, 6) is 0. The monoisotopic (exact) mass is 631 g/mol. The first-order valence-corrected chi connectivity index (χ1v) is 21.5. The first-order chi connectivity index (χ1) is 21.7. The fourth-order valence-electron chi connectivity index (χ4n) is 7.10. The molecular formula is C40H75N2OP. The molecule has 1 aromatic rings. The Hall–Kier alpha value is -0.630. The van der Waals surface area contributed by atoms with Gasteiger partial charge in [-0.15, -0.1) is 0 Å². The Bertz CT molecular complexity index is 756. The van der Waals surface area contributed by atoms with Crippen molar-refractivity contribution in [1.29, 1.82) is 0 Å². The van der Waals surface area contributed by atoms with Crippen molar-refractivity contribution in [3.8, 4) is 0 Å². The Morgan fingerprint density at radius 3 is 1.00 bits per heavy atom. The summed E-state index contributed by atoms with van der Waals surface area (Å²) >= 11 is 0. The summed E-state index contributed by atoms with van der Waals surface area (Å²) < 4.78 is 19.4. The predicted octanol–water partition coefficient (Wildman–Crippen LogP) is 13.1. The molecule has 1 aromatic carbocycles. The average Bonchev–Trinajstić information content (AvgIpc) is 3.37. The third-order valence-electron chi connectivity index (χ3n) is 10.0. The van der Waals surface area contributed by atoms with Gasteiger partial charge in [-0.25, -0.2) is 9.34 Å². The summed E-state index contributed by atoms with van der Waals surface area (Å²) in [4.78, 5) is 0. The molecule has 1 fully saturated rings. The van der Waals surface area contributed by atoms with Gasteiger partial charge in [0.15, 0.2) is 0 Å². The van der Waals surface area contributed by atoms with Gasteiger partial charge in [0, 0.05) is 31.5 Å². The van der Waals surface area contributed by atoms with Crippen LogP contribution in [0.3, 0.4) is 0 Å². The fourth-order valence-corrected chi connectivity index (χ4v) is 10.2. The van der Waals surface area contributed by atoms with Crippen molar-refractivity contribution in [3.63, 3.8) is 0 Å². The van der Waals surface area contributed by atoms with E-state index in [1.54, 1.807) is 0 Å². The minimum Gasteiger partial charge on any atom is -0.284 e. The molecule has 0 radical (unpaired) electrons. The molecule has 0 N–H and O–H groups in total. The fraction of sp³-hybridized carbons (Fsp3) is 0.850. The summed E-state index contributed by atoms with van der Waals surface area (Å²) in [6.45, 7) is 8.49. The van der Waals surface area contributed by atoms with Gasteiger partial charge in [0.1, 0.15) is 0 Å². The van der Waals surface area contributed by atoms with Gasteiger partial charge in [0.05, 0.1) is 0 Å². The Kier molecular flexibility index (Phi) is 24.7. The minimum atomic E-state index is -2.65. The summed E-state index contributed by atoms with van der Waals surface area (Å²) in [6, 6.07) is 10.4. The number of benzene rings is 1. The molecule has 1 aliphatic heterocycles. The molecule has 0 saturated carbocycles. The molecule has 1 aliphatic rings. The molecule has 1 saturated heterocycles. The summed E-state index contributed by atoms with van der Waals surface area (Å²) in [5.41, 5.74) is 0. The van der Waals surface area contributed by atoms with Crippen LogP contribution in [0.25, 0.3) is 0 Å². The van der Waals surface area contributed by atoms with E-state index in [2.05, 4.69) is 53.5 Å². The topological polar surface area (TPSA) is 23.6 Å². The van der Waals surface area contributed by atoms with Crippen LogP contribution >= 0.6 is 7.44 Å². The standard InChI is InChI=1S/C40H75N2OP/c1-3-5-7-9-11-13-15-17-19-21-23-25-27-32-36-41-38-39-42(44(41,43)40-34-30-29-31-35-40)37-33-28-26-24-22-20-18-16-14-12-10-8-6-4-2/h29-31,34-35H,3-28,32-33,36-39H2,1-2H3. The van der Waals surface area contributed by atoms with E-state index in [1.807, 2.05) is 0 Å². The minimum absolute atomic E-state index is 0.962. The van der Waals surface area contributed by atoms with Crippen LogP contribution in [0.1, 0.15) is 194 Å². The molecule has 0 amide bonds. The third-order valence-corrected chi connectivity index (χ3v) is 13.3. The van der Waals surface area contributed by atoms with Crippen LogP contribution in [0, 0.1) is 0 Å². The molecule has 1 heterocycles. The SMILES string of the molecule is CCCCCCCCCCCCCCCCN1CCN(CCCCCCCCCCCCCCCC)P1(=O)c1ccccc1. The van der Waals surface area contributed by atoms with E-state index in [0.29, 0.717) is 0 Å². The largest absolute Gasteiger partial charge is 0.284 e. The molecule has 4 heteroatoms. The van der Waals surface area contributed by atoms with E-state index in [9.17, 15) is 4.57 Å². The summed E-state index contributed by atoms with van der Waals surface area (Å²) in [6.07, 6.45) is 38.8. The maximum atomic E-state index is 14.7. The van der Waals surface area contributed by atoms with Crippen molar-refractivity contribution in [2.75, 3.05) is 26.2 Å². The van der Waals surface area contributed by atoms with E-state index in [4.69, 9.17) is 0 Å². The highest BCUT2D eigenvalue weighted by molar-refractivity contribution is 7.67. The summed E-state index contributed by atoms with van der Waals surface area (Å²) in [7, 11) is -2.65. The van der Waals surface area contributed by atoms with Crippen molar-refractivity contribution >= 4 is 12.7 Å². The Balaban J connectivity index is 1.56. The quantitative estimate of drug-likeness (QED) is 0.0602. The number of hydrogen-bond donors (Lipinski definition) is 0. The molecule has 2 rings (SSSR count). The lowest BCUT2D eigenvalue weighted by Gasteiger charge is -2.30. The van der Waals surface area contributed by atoms with Gasteiger partial charge in [-0.05, 0) is 25.0 Å². The number of hydrogen-bond acceptors (Lipinski definition) is 1. The Morgan fingerprint density at radius 1 is 0.432 bits per heavy atom. The van der Waals surface area contributed by atoms with Crippen LogP contribution in [0.2, 0.25) is 0 Å². The first-order valence-electron chi connectivity index (χ1n) is 19.9. The zero-order valence-electron chi connectivity index (χ0n) is 29.8. The van der Waals surface area contributed by atoms with Gasteiger partial charge < -0.3 is 0 Å². The van der Waals surface area contributed by atoms with Crippen molar-refractivity contribution in [1.82, 2.24) is 9.34 Å². The first kappa shape index (κ1) is 39.5. The normalized spacial score (nSPS) is 15.4. The van der Waals surface area contributed by atoms with E-state index < -0.39 is 7.44 Å². The van der Waals surface area contributed by atoms with Crippen LogP contribution in [0.15, 0.2) is 30.3 Å². The van der Waals surface area contributed by atoms with Crippen molar-refractivity contribution in [2.45, 2.75) is 194 Å². The Labute approximate surface area is 276 Å². The smallest absolute Gasteiger partial charge is 0.245 e. The zero-order valence-corrected chi connectivity index (χ0v) is 30.7. The van der Waals surface area contributed by atoms with Crippen molar-refractivity contribution < 1.29 is 4.57 Å². The number of nitrogens with zero attached hydrogens (tertiary/aromatic N) is 2. The van der Waals surface area contributed by atoms with E-state index >= 15 is 0 Å². The van der Waals surface area contributed by atoms with Crippen LogP contribution in [0.4, 0.5) is 0 Å². The summed E-state index contributed by atoms with van der Waals surface area (Å²) in [5, 5.41) is 1.05. The van der Waals surface area contributed by atoms with Gasteiger partial charge in [-0.1, -0.05) is 199 Å². The molecule has 3 nitrogen and oxygen atoms in total. The zero-order chi connectivity index (χ0) is 31.4. The molecule has 0 bridgehead atoms. The van der Waals surface area contributed by atoms with Crippen LogP contribution in [0.5, 0.6) is 0 Å².